The van der Waals surface area contributed by atoms with Crippen LogP contribution in [0.3, 0.4) is 0 Å². The number of H-pyrrole nitrogens is 1. The summed E-state index contributed by atoms with van der Waals surface area (Å²) in [7, 11) is 0. The number of ether oxygens (including phenoxy) is 1. The number of hydrogen-bond donors (Lipinski definition) is 2. The van der Waals surface area contributed by atoms with Gasteiger partial charge in [0.1, 0.15) is 5.82 Å². The average molecular weight is 346 g/mol. The number of morpholine rings is 1. The average Bonchev–Trinajstić information content (AvgIpc) is 3.22. The van der Waals surface area contributed by atoms with Gasteiger partial charge in [0, 0.05) is 30.0 Å². The van der Waals surface area contributed by atoms with Crippen molar-refractivity contribution in [3.63, 3.8) is 0 Å². The molecule has 1 aromatic heterocycles. The van der Waals surface area contributed by atoms with Crippen LogP contribution in [0, 0.1) is 0 Å². The zero-order valence-corrected chi connectivity index (χ0v) is 14.2. The van der Waals surface area contributed by atoms with E-state index in [9.17, 15) is 4.79 Å². The lowest BCUT2D eigenvalue weighted by atomic mass is 10.1. The van der Waals surface area contributed by atoms with Crippen LogP contribution in [-0.2, 0) is 9.53 Å². The number of para-hydroxylation sites is 1. The third-order valence-electron chi connectivity index (χ3n) is 4.85. The van der Waals surface area contributed by atoms with Gasteiger partial charge in [0.25, 0.3) is 5.91 Å². The number of benzene rings is 2. The van der Waals surface area contributed by atoms with Gasteiger partial charge < -0.3 is 19.9 Å². The molecule has 6 heteroatoms. The summed E-state index contributed by atoms with van der Waals surface area (Å²) in [6, 6.07) is 13.9. The van der Waals surface area contributed by atoms with Crippen LogP contribution in [0.2, 0.25) is 0 Å². The number of imidazole rings is 1. The molecule has 1 amide bonds. The van der Waals surface area contributed by atoms with Crippen LogP contribution in [0.1, 0.15) is 11.4 Å². The molecule has 0 atom stereocenters. The number of carbonyl (C=O) groups excluding carboxylic acids is 1. The molecule has 2 aromatic carbocycles. The second-order valence-corrected chi connectivity index (χ2v) is 6.48. The van der Waals surface area contributed by atoms with Crippen molar-refractivity contribution in [2.45, 2.75) is 0 Å². The predicted molar refractivity (Wildman–Crippen MR) is 102 cm³/mol. The number of aromatic nitrogens is 2. The second-order valence-electron chi connectivity index (χ2n) is 6.48. The van der Waals surface area contributed by atoms with Crippen molar-refractivity contribution in [2.75, 3.05) is 36.5 Å². The minimum absolute atomic E-state index is 0.0966. The molecule has 0 bridgehead atoms. The molecular weight excluding hydrogens is 328 g/mol. The van der Waals surface area contributed by atoms with E-state index in [4.69, 9.17) is 4.74 Å². The summed E-state index contributed by atoms with van der Waals surface area (Å²) in [5.74, 6) is 0.585. The van der Waals surface area contributed by atoms with E-state index in [1.54, 1.807) is 0 Å². The van der Waals surface area contributed by atoms with Crippen LogP contribution >= 0.6 is 0 Å². The van der Waals surface area contributed by atoms with E-state index in [1.807, 2.05) is 36.4 Å². The monoisotopic (exact) mass is 346 g/mol. The summed E-state index contributed by atoms with van der Waals surface area (Å²) < 4.78 is 5.42. The zero-order valence-electron chi connectivity index (χ0n) is 14.2. The van der Waals surface area contributed by atoms with Crippen molar-refractivity contribution in [2.24, 2.45) is 0 Å². The lowest BCUT2D eigenvalue weighted by Crippen LogP contribution is -2.36. The number of amides is 1. The number of hydrogen-bond acceptors (Lipinski definition) is 4. The fraction of sp³-hybridized carbons (Fsp3) is 0.200. The molecule has 0 unspecified atom stereocenters. The molecule has 3 aromatic rings. The van der Waals surface area contributed by atoms with Gasteiger partial charge in [0.2, 0.25) is 0 Å². The van der Waals surface area contributed by atoms with E-state index in [1.165, 1.54) is 0 Å². The Kier molecular flexibility index (Phi) is 3.50. The highest BCUT2D eigenvalue weighted by Crippen LogP contribution is 2.32. The van der Waals surface area contributed by atoms with Gasteiger partial charge in [0.05, 0.1) is 29.8 Å². The van der Waals surface area contributed by atoms with Crippen LogP contribution < -0.4 is 10.2 Å². The molecule has 0 radical (unpaired) electrons. The van der Waals surface area contributed by atoms with Crippen molar-refractivity contribution < 1.29 is 9.53 Å². The van der Waals surface area contributed by atoms with E-state index < -0.39 is 0 Å². The van der Waals surface area contributed by atoms with Crippen LogP contribution in [0.4, 0.5) is 11.4 Å². The maximum absolute atomic E-state index is 12.3. The third-order valence-corrected chi connectivity index (χ3v) is 4.85. The first-order valence-corrected chi connectivity index (χ1v) is 8.73. The molecule has 3 heterocycles. The summed E-state index contributed by atoms with van der Waals surface area (Å²) in [5.41, 5.74) is 5.39. The van der Waals surface area contributed by atoms with Crippen LogP contribution in [-0.4, -0.2) is 42.2 Å². The minimum atomic E-state index is -0.0966. The van der Waals surface area contributed by atoms with E-state index in [0.717, 1.165) is 54.3 Å². The lowest BCUT2D eigenvalue weighted by Gasteiger charge is -2.28. The first kappa shape index (κ1) is 15.2. The molecule has 2 N–H and O–H groups in total. The van der Waals surface area contributed by atoms with Gasteiger partial charge in [-0.05, 0) is 30.3 Å². The number of aromatic amines is 1. The topological polar surface area (TPSA) is 70.2 Å². The molecule has 5 rings (SSSR count). The van der Waals surface area contributed by atoms with Crippen molar-refractivity contribution in [3.8, 4) is 0 Å². The highest BCUT2D eigenvalue weighted by molar-refractivity contribution is 6.34. The SMILES string of the molecule is O=C1Nc2ccccc2C1=Cc1nc2cc(N3CCOCC3)ccc2[nH]1. The molecule has 6 nitrogen and oxygen atoms in total. The van der Waals surface area contributed by atoms with Gasteiger partial charge in [-0.1, -0.05) is 18.2 Å². The van der Waals surface area contributed by atoms with Gasteiger partial charge in [-0.2, -0.15) is 0 Å². The molecule has 0 spiro atoms. The van der Waals surface area contributed by atoms with Crippen molar-refractivity contribution in [1.29, 1.82) is 0 Å². The molecular formula is C20H18N4O2. The van der Waals surface area contributed by atoms with E-state index in [-0.39, 0.29) is 5.91 Å². The Morgan fingerprint density at radius 2 is 1.96 bits per heavy atom. The van der Waals surface area contributed by atoms with Crippen molar-refractivity contribution in [1.82, 2.24) is 9.97 Å². The van der Waals surface area contributed by atoms with E-state index >= 15 is 0 Å². The maximum atomic E-state index is 12.3. The number of fused-ring (bicyclic) bond motifs is 2. The van der Waals surface area contributed by atoms with Crippen LogP contribution in [0.15, 0.2) is 42.5 Å². The molecule has 1 saturated heterocycles. The van der Waals surface area contributed by atoms with Gasteiger partial charge >= 0.3 is 0 Å². The first-order chi connectivity index (χ1) is 12.8. The van der Waals surface area contributed by atoms with E-state index in [2.05, 4.69) is 32.3 Å². The largest absolute Gasteiger partial charge is 0.378 e. The summed E-state index contributed by atoms with van der Waals surface area (Å²) in [6.45, 7) is 3.29. The Bertz CT molecular complexity index is 1030. The van der Waals surface area contributed by atoms with Gasteiger partial charge in [0.15, 0.2) is 0 Å². The number of anilines is 2. The number of rotatable bonds is 2. The lowest BCUT2D eigenvalue weighted by molar-refractivity contribution is -0.110. The fourth-order valence-corrected chi connectivity index (χ4v) is 3.52. The van der Waals surface area contributed by atoms with Gasteiger partial charge in [-0.3, -0.25) is 4.79 Å². The highest BCUT2D eigenvalue weighted by Gasteiger charge is 2.23. The molecule has 0 saturated carbocycles. The minimum Gasteiger partial charge on any atom is -0.378 e. The molecule has 0 aliphatic carbocycles. The Morgan fingerprint density at radius 1 is 1.12 bits per heavy atom. The molecule has 26 heavy (non-hydrogen) atoms. The predicted octanol–water partition coefficient (Wildman–Crippen LogP) is 2.89. The summed E-state index contributed by atoms with van der Waals surface area (Å²) >= 11 is 0. The summed E-state index contributed by atoms with van der Waals surface area (Å²) in [5, 5.41) is 2.89. The van der Waals surface area contributed by atoms with Crippen molar-refractivity contribution >= 4 is 40.0 Å². The fourth-order valence-electron chi connectivity index (χ4n) is 3.52. The summed E-state index contributed by atoms with van der Waals surface area (Å²) in [4.78, 5) is 22.5. The normalized spacial score (nSPS) is 18.4. The van der Waals surface area contributed by atoms with Crippen LogP contribution in [0.5, 0.6) is 0 Å². The molecule has 130 valence electrons. The summed E-state index contributed by atoms with van der Waals surface area (Å²) in [6.07, 6.45) is 1.82. The molecule has 2 aliphatic rings. The van der Waals surface area contributed by atoms with Crippen LogP contribution in [0.25, 0.3) is 22.7 Å². The standard InChI is InChI=1S/C20H18N4O2/c25-20-15(14-3-1-2-4-16(14)23-20)12-19-21-17-6-5-13(11-18(17)22-19)24-7-9-26-10-8-24/h1-6,11-12H,7-10H2,(H,21,22)(H,23,25). The van der Waals surface area contributed by atoms with Crippen molar-refractivity contribution in [3.05, 3.63) is 53.9 Å². The maximum Gasteiger partial charge on any atom is 0.256 e. The quantitative estimate of drug-likeness (QED) is 0.700. The zero-order chi connectivity index (χ0) is 17.5. The Labute approximate surface area is 150 Å². The molecule has 1 fully saturated rings. The Balaban J connectivity index is 1.51. The second kappa shape index (κ2) is 6.00. The number of nitrogens with one attached hydrogen (secondary N) is 2. The molecule has 2 aliphatic heterocycles. The Morgan fingerprint density at radius 3 is 2.85 bits per heavy atom. The third kappa shape index (κ3) is 2.55. The number of nitrogens with zero attached hydrogens (tertiary/aromatic N) is 2. The van der Waals surface area contributed by atoms with Gasteiger partial charge in [-0.25, -0.2) is 4.98 Å². The van der Waals surface area contributed by atoms with E-state index in [0.29, 0.717) is 11.4 Å². The number of carbonyl (C=O) groups is 1. The Hall–Kier alpha value is -3.12. The van der Waals surface area contributed by atoms with Gasteiger partial charge in [-0.15, -0.1) is 0 Å². The highest BCUT2D eigenvalue weighted by atomic mass is 16.5. The first-order valence-electron chi connectivity index (χ1n) is 8.73. The smallest absolute Gasteiger partial charge is 0.256 e.